The molecular formula is C24H28N4O4. The fraction of sp³-hybridized carbons (Fsp3) is 0.375. The standard InChI is InChI=1S/C24H28N4O4/c1-14(25)31-22(26)15-8-10-17(12-15)28(2)24(29)16-9-11-18(21(13-16)30-3)23-27-19-6-4-5-7-20(19)32-23/h4-7,9,11,13,15,17,22,25H,8,10,12,26H2,1-3H3/t15-,17+,22?/m0/s1. The maximum absolute atomic E-state index is 13.2. The second-order valence-electron chi connectivity index (χ2n) is 8.18. The number of hydrogen-bond acceptors (Lipinski definition) is 7. The number of ether oxygens (including phenoxy) is 2. The van der Waals surface area contributed by atoms with E-state index >= 15 is 0 Å². The molecule has 1 unspecified atom stereocenters. The summed E-state index contributed by atoms with van der Waals surface area (Å²) in [5.41, 5.74) is 8.75. The summed E-state index contributed by atoms with van der Waals surface area (Å²) in [6, 6.07) is 12.9. The topological polar surface area (TPSA) is 115 Å². The molecular weight excluding hydrogens is 408 g/mol. The van der Waals surface area contributed by atoms with E-state index in [1.165, 1.54) is 0 Å². The number of aromatic nitrogens is 1. The van der Waals surface area contributed by atoms with Gasteiger partial charge in [-0.3, -0.25) is 15.9 Å². The zero-order valence-electron chi connectivity index (χ0n) is 18.5. The van der Waals surface area contributed by atoms with E-state index in [0.29, 0.717) is 28.4 Å². The van der Waals surface area contributed by atoms with Crippen LogP contribution in [0.2, 0.25) is 0 Å². The van der Waals surface area contributed by atoms with Crippen LogP contribution in [-0.2, 0) is 4.74 Å². The summed E-state index contributed by atoms with van der Waals surface area (Å²) < 4.78 is 16.8. The highest BCUT2D eigenvalue weighted by atomic mass is 16.5. The minimum absolute atomic E-state index is 0.0656. The Bertz CT molecular complexity index is 1110. The van der Waals surface area contributed by atoms with Gasteiger partial charge in [-0.15, -0.1) is 0 Å². The molecule has 1 aliphatic carbocycles. The van der Waals surface area contributed by atoms with E-state index in [1.807, 2.05) is 31.3 Å². The van der Waals surface area contributed by atoms with Gasteiger partial charge in [-0.2, -0.15) is 0 Å². The zero-order valence-corrected chi connectivity index (χ0v) is 18.5. The maximum atomic E-state index is 13.2. The Balaban J connectivity index is 1.51. The van der Waals surface area contributed by atoms with Crippen molar-refractivity contribution in [3.8, 4) is 17.2 Å². The Kier molecular flexibility index (Phi) is 6.14. The first-order chi connectivity index (χ1) is 15.4. The number of para-hydroxylation sites is 2. The average molecular weight is 437 g/mol. The van der Waals surface area contributed by atoms with Crippen LogP contribution in [-0.4, -0.2) is 48.1 Å². The van der Waals surface area contributed by atoms with E-state index in [0.717, 1.165) is 24.8 Å². The maximum Gasteiger partial charge on any atom is 0.253 e. The summed E-state index contributed by atoms with van der Waals surface area (Å²) in [5.74, 6) is 1.11. The molecule has 1 aromatic heterocycles. The van der Waals surface area contributed by atoms with Crippen LogP contribution in [0.15, 0.2) is 46.9 Å². The lowest BCUT2D eigenvalue weighted by atomic mass is 10.1. The highest BCUT2D eigenvalue weighted by Gasteiger charge is 2.34. The van der Waals surface area contributed by atoms with Crippen LogP contribution >= 0.6 is 0 Å². The predicted octanol–water partition coefficient (Wildman–Crippen LogP) is 4.04. The molecule has 2 aromatic carbocycles. The van der Waals surface area contributed by atoms with E-state index in [1.54, 1.807) is 37.1 Å². The van der Waals surface area contributed by atoms with Gasteiger partial charge in [-0.05, 0) is 49.6 Å². The first kappa shape index (κ1) is 21.8. The van der Waals surface area contributed by atoms with Crippen LogP contribution in [0.25, 0.3) is 22.6 Å². The number of amides is 1. The molecule has 3 aromatic rings. The first-order valence-electron chi connectivity index (χ1n) is 10.7. The number of nitrogens with two attached hydrogens (primary N) is 1. The van der Waals surface area contributed by atoms with E-state index in [4.69, 9.17) is 25.0 Å². The van der Waals surface area contributed by atoms with Crippen molar-refractivity contribution in [2.24, 2.45) is 11.7 Å². The molecule has 8 heteroatoms. The number of hydrogen-bond donors (Lipinski definition) is 2. The largest absolute Gasteiger partial charge is 0.496 e. The number of nitrogens with zero attached hydrogens (tertiary/aromatic N) is 2. The summed E-state index contributed by atoms with van der Waals surface area (Å²) in [6.07, 6.45) is 1.93. The molecule has 4 rings (SSSR count). The van der Waals surface area contributed by atoms with Crippen LogP contribution in [0, 0.1) is 11.3 Å². The Morgan fingerprint density at radius 1 is 1.28 bits per heavy atom. The van der Waals surface area contributed by atoms with Gasteiger partial charge in [0.15, 0.2) is 17.7 Å². The predicted molar refractivity (Wildman–Crippen MR) is 122 cm³/mol. The minimum Gasteiger partial charge on any atom is -0.496 e. The number of carbonyl (C=O) groups excluding carboxylic acids is 1. The lowest BCUT2D eigenvalue weighted by Gasteiger charge is -2.26. The van der Waals surface area contributed by atoms with Gasteiger partial charge in [-0.1, -0.05) is 12.1 Å². The van der Waals surface area contributed by atoms with E-state index in [9.17, 15) is 4.79 Å². The van der Waals surface area contributed by atoms with Gasteiger partial charge in [-0.25, -0.2) is 4.98 Å². The van der Waals surface area contributed by atoms with Crippen molar-refractivity contribution < 1.29 is 18.7 Å². The van der Waals surface area contributed by atoms with Gasteiger partial charge in [0, 0.05) is 31.5 Å². The monoisotopic (exact) mass is 436 g/mol. The van der Waals surface area contributed by atoms with Crippen LogP contribution in [0.3, 0.4) is 0 Å². The summed E-state index contributed by atoms with van der Waals surface area (Å²) in [5, 5.41) is 7.46. The molecule has 1 heterocycles. The minimum atomic E-state index is -0.517. The first-order valence-corrected chi connectivity index (χ1v) is 10.7. The summed E-state index contributed by atoms with van der Waals surface area (Å²) in [4.78, 5) is 19.5. The second-order valence-corrected chi connectivity index (χ2v) is 8.18. The fourth-order valence-corrected chi connectivity index (χ4v) is 4.30. The summed E-state index contributed by atoms with van der Waals surface area (Å²) in [6.45, 7) is 1.57. The molecule has 0 radical (unpaired) electrons. The highest BCUT2D eigenvalue weighted by molar-refractivity contribution is 5.95. The van der Waals surface area contributed by atoms with Crippen molar-refractivity contribution in [3.63, 3.8) is 0 Å². The molecule has 3 atom stereocenters. The molecule has 8 nitrogen and oxygen atoms in total. The van der Waals surface area contributed by atoms with Crippen LogP contribution in [0.4, 0.5) is 0 Å². The number of oxazole rings is 1. The van der Waals surface area contributed by atoms with Crippen LogP contribution < -0.4 is 10.5 Å². The Morgan fingerprint density at radius 2 is 2.06 bits per heavy atom. The van der Waals surface area contributed by atoms with Gasteiger partial charge < -0.3 is 18.8 Å². The quantitative estimate of drug-likeness (QED) is 0.342. The number of rotatable bonds is 6. The molecule has 0 spiro atoms. The number of carbonyl (C=O) groups is 1. The molecule has 1 amide bonds. The van der Waals surface area contributed by atoms with Crippen molar-refractivity contribution in [2.75, 3.05) is 14.2 Å². The molecule has 168 valence electrons. The number of nitrogens with one attached hydrogen (secondary N) is 1. The number of methoxy groups -OCH3 is 1. The SMILES string of the molecule is COc1cc(C(=O)N(C)[C@@H]2CC[C@H](C(N)OC(C)=N)C2)ccc1-c1nc2ccccc2o1. The Morgan fingerprint density at radius 3 is 2.78 bits per heavy atom. The van der Waals surface area contributed by atoms with Crippen molar-refractivity contribution in [1.29, 1.82) is 5.41 Å². The molecule has 1 fully saturated rings. The smallest absolute Gasteiger partial charge is 0.253 e. The Labute approximate surface area is 186 Å². The average Bonchev–Trinajstić information content (AvgIpc) is 3.44. The number of fused-ring (bicyclic) bond motifs is 1. The Hall–Kier alpha value is -3.39. The van der Waals surface area contributed by atoms with Gasteiger partial charge in [0.1, 0.15) is 11.3 Å². The molecule has 1 aliphatic rings. The number of benzene rings is 2. The van der Waals surface area contributed by atoms with Gasteiger partial charge >= 0.3 is 0 Å². The lowest BCUT2D eigenvalue weighted by molar-refractivity contribution is 0.0714. The van der Waals surface area contributed by atoms with Crippen LogP contribution in [0.5, 0.6) is 5.75 Å². The molecule has 1 saturated carbocycles. The van der Waals surface area contributed by atoms with E-state index in [-0.39, 0.29) is 23.8 Å². The van der Waals surface area contributed by atoms with Gasteiger partial charge in [0.25, 0.3) is 5.91 Å². The van der Waals surface area contributed by atoms with E-state index in [2.05, 4.69) is 4.98 Å². The van der Waals surface area contributed by atoms with Crippen molar-refractivity contribution in [3.05, 3.63) is 48.0 Å². The van der Waals surface area contributed by atoms with Crippen molar-refractivity contribution in [2.45, 2.75) is 38.5 Å². The zero-order chi connectivity index (χ0) is 22.8. The molecule has 32 heavy (non-hydrogen) atoms. The lowest BCUT2D eigenvalue weighted by Crippen LogP contribution is -2.37. The normalized spacial score (nSPS) is 19.0. The third kappa shape index (κ3) is 4.31. The molecule has 0 saturated heterocycles. The molecule has 0 bridgehead atoms. The third-order valence-corrected chi connectivity index (χ3v) is 6.06. The van der Waals surface area contributed by atoms with Crippen molar-refractivity contribution in [1.82, 2.24) is 9.88 Å². The van der Waals surface area contributed by atoms with Crippen LogP contribution in [0.1, 0.15) is 36.5 Å². The second kappa shape index (κ2) is 9.00. The highest BCUT2D eigenvalue weighted by Crippen LogP contribution is 2.34. The fourth-order valence-electron chi connectivity index (χ4n) is 4.30. The van der Waals surface area contributed by atoms with E-state index < -0.39 is 6.23 Å². The molecule has 0 aliphatic heterocycles. The van der Waals surface area contributed by atoms with Gasteiger partial charge in [0.05, 0.1) is 12.7 Å². The molecule has 3 N–H and O–H groups in total. The summed E-state index contributed by atoms with van der Waals surface area (Å²) in [7, 11) is 3.37. The third-order valence-electron chi connectivity index (χ3n) is 6.06. The van der Waals surface area contributed by atoms with Gasteiger partial charge in [0.2, 0.25) is 5.89 Å². The summed E-state index contributed by atoms with van der Waals surface area (Å²) >= 11 is 0. The van der Waals surface area contributed by atoms with Crippen molar-refractivity contribution >= 4 is 22.9 Å².